The average molecular weight is 663 g/mol. The van der Waals surface area contributed by atoms with E-state index in [1.165, 1.54) is 98.7 Å². The first kappa shape index (κ1) is 29.3. The van der Waals surface area contributed by atoms with Gasteiger partial charge >= 0.3 is 0 Å². The van der Waals surface area contributed by atoms with E-state index in [1.807, 2.05) is 0 Å². The molecule has 1 heterocycles. The van der Waals surface area contributed by atoms with E-state index in [2.05, 4.69) is 184 Å². The van der Waals surface area contributed by atoms with Crippen molar-refractivity contribution in [3.05, 3.63) is 181 Å². The predicted octanol–water partition coefficient (Wildman–Crippen LogP) is 14.4. The standard InChI is InChI=1S/C51H34O/c1-51(2)44-26-13-12-20-35(44)42-28-43-46(30-45(42)51)52-47-29-41(34-19-6-7-21-36(34)50(43)47)32-17-14-18-33(27-32)49-39-24-10-8-22-37(39)48(31-15-4-3-5-16-31)38-23-9-11-25-40(38)49/h3-30H,1-2H3. The molecule has 1 aromatic heterocycles. The lowest BCUT2D eigenvalue weighted by Crippen LogP contribution is -2.14. The molecule has 0 bridgehead atoms. The third kappa shape index (κ3) is 4.05. The third-order valence-corrected chi connectivity index (χ3v) is 11.6. The molecule has 10 aromatic rings. The van der Waals surface area contributed by atoms with Gasteiger partial charge in [0.05, 0.1) is 0 Å². The minimum Gasteiger partial charge on any atom is -0.456 e. The first-order chi connectivity index (χ1) is 25.6. The van der Waals surface area contributed by atoms with Gasteiger partial charge in [-0.2, -0.15) is 0 Å². The van der Waals surface area contributed by atoms with E-state index in [9.17, 15) is 0 Å². The number of hydrogen-bond donors (Lipinski definition) is 0. The summed E-state index contributed by atoms with van der Waals surface area (Å²) in [5.74, 6) is 0. The van der Waals surface area contributed by atoms with Gasteiger partial charge in [-0.05, 0) is 112 Å². The first-order valence-electron chi connectivity index (χ1n) is 18.2. The smallest absolute Gasteiger partial charge is 0.136 e. The fourth-order valence-corrected chi connectivity index (χ4v) is 9.27. The van der Waals surface area contributed by atoms with E-state index >= 15 is 0 Å². The highest BCUT2D eigenvalue weighted by atomic mass is 16.3. The van der Waals surface area contributed by atoms with Crippen LogP contribution in [0, 0.1) is 0 Å². The number of furan rings is 1. The van der Waals surface area contributed by atoms with E-state index in [1.54, 1.807) is 0 Å². The molecule has 1 heteroatoms. The third-order valence-electron chi connectivity index (χ3n) is 11.6. The van der Waals surface area contributed by atoms with Crippen molar-refractivity contribution in [2.75, 3.05) is 0 Å². The largest absolute Gasteiger partial charge is 0.456 e. The summed E-state index contributed by atoms with van der Waals surface area (Å²) in [6.45, 7) is 4.66. The lowest BCUT2D eigenvalue weighted by molar-refractivity contribution is 0.647. The molecule has 9 aromatic carbocycles. The van der Waals surface area contributed by atoms with Gasteiger partial charge in [-0.1, -0.05) is 159 Å². The Bertz CT molecular complexity index is 3030. The molecule has 0 amide bonds. The van der Waals surface area contributed by atoms with Crippen molar-refractivity contribution in [2.45, 2.75) is 19.3 Å². The van der Waals surface area contributed by atoms with E-state index in [0.717, 1.165) is 11.2 Å². The fourth-order valence-electron chi connectivity index (χ4n) is 9.27. The Morgan fingerprint density at radius 1 is 0.346 bits per heavy atom. The summed E-state index contributed by atoms with van der Waals surface area (Å²) in [5.41, 5.74) is 14.5. The van der Waals surface area contributed by atoms with Crippen molar-refractivity contribution >= 4 is 54.3 Å². The molecule has 1 aliphatic carbocycles. The van der Waals surface area contributed by atoms with Crippen molar-refractivity contribution < 1.29 is 4.42 Å². The summed E-state index contributed by atoms with van der Waals surface area (Å²) < 4.78 is 6.83. The van der Waals surface area contributed by atoms with Crippen LogP contribution in [-0.2, 0) is 5.41 Å². The van der Waals surface area contributed by atoms with Crippen LogP contribution >= 0.6 is 0 Å². The minimum atomic E-state index is -0.0829. The Labute approximate surface area is 302 Å². The van der Waals surface area contributed by atoms with Crippen LogP contribution in [0.3, 0.4) is 0 Å². The Morgan fingerprint density at radius 2 is 0.904 bits per heavy atom. The van der Waals surface area contributed by atoms with Crippen LogP contribution in [0.1, 0.15) is 25.0 Å². The Balaban J connectivity index is 1.15. The van der Waals surface area contributed by atoms with Gasteiger partial charge in [0.1, 0.15) is 11.2 Å². The van der Waals surface area contributed by atoms with Crippen molar-refractivity contribution in [1.82, 2.24) is 0 Å². The monoisotopic (exact) mass is 662 g/mol. The maximum atomic E-state index is 6.83. The molecular weight excluding hydrogens is 629 g/mol. The average Bonchev–Trinajstić information content (AvgIpc) is 3.67. The highest BCUT2D eigenvalue weighted by Gasteiger charge is 2.36. The van der Waals surface area contributed by atoms with E-state index < -0.39 is 0 Å². The number of hydrogen-bond acceptors (Lipinski definition) is 1. The number of benzene rings is 9. The molecule has 1 nitrogen and oxygen atoms in total. The van der Waals surface area contributed by atoms with Crippen molar-refractivity contribution in [3.8, 4) is 44.5 Å². The van der Waals surface area contributed by atoms with Gasteiger partial charge in [0.15, 0.2) is 0 Å². The van der Waals surface area contributed by atoms with Crippen molar-refractivity contribution in [1.29, 1.82) is 0 Å². The summed E-state index contributed by atoms with van der Waals surface area (Å²) in [6.07, 6.45) is 0. The van der Waals surface area contributed by atoms with Crippen LogP contribution in [0.15, 0.2) is 174 Å². The van der Waals surface area contributed by atoms with Crippen LogP contribution in [0.4, 0.5) is 0 Å². The van der Waals surface area contributed by atoms with Crippen LogP contribution in [0.25, 0.3) is 98.8 Å². The lowest BCUT2D eigenvalue weighted by atomic mass is 9.82. The van der Waals surface area contributed by atoms with Crippen molar-refractivity contribution in [2.24, 2.45) is 0 Å². The second-order valence-electron chi connectivity index (χ2n) is 14.8. The quantitative estimate of drug-likeness (QED) is 0.172. The summed E-state index contributed by atoms with van der Waals surface area (Å²) >= 11 is 0. The zero-order chi connectivity index (χ0) is 34.6. The lowest BCUT2D eigenvalue weighted by Gasteiger charge is -2.21. The molecule has 0 aliphatic heterocycles. The molecule has 52 heavy (non-hydrogen) atoms. The van der Waals surface area contributed by atoms with Crippen LogP contribution < -0.4 is 0 Å². The molecule has 0 fully saturated rings. The van der Waals surface area contributed by atoms with Crippen LogP contribution in [0.2, 0.25) is 0 Å². The highest BCUT2D eigenvalue weighted by molar-refractivity contribution is 6.24. The van der Waals surface area contributed by atoms with E-state index in [4.69, 9.17) is 4.42 Å². The maximum absolute atomic E-state index is 6.83. The van der Waals surface area contributed by atoms with Gasteiger partial charge in [0, 0.05) is 16.2 Å². The van der Waals surface area contributed by atoms with Gasteiger partial charge in [-0.25, -0.2) is 0 Å². The molecule has 11 rings (SSSR count). The molecule has 0 saturated carbocycles. The highest BCUT2D eigenvalue weighted by Crippen LogP contribution is 2.52. The van der Waals surface area contributed by atoms with E-state index in [-0.39, 0.29) is 5.41 Å². The van der Waals surface area contributed by atoms with E-state index in [0.29, 0.717) is 0 Å². The SMILES string of the molecule is CC1(C)c2ccccc2-c2cc3c(cc21)oc1cc(-c2cccc(-c4c5ccccc5c(-c5ccccc5)c5ccccc45)c2)c2ccccc2c13. The molecule has 0 radical (unpaired) electrons. The van der Waals surface area contributed by atoms with Crippen LogP contribution in [0.5, 0.6) is 0 Å². The molecule has 1 aliphatic rings. The fraction of sp³-hybridized carbons (Fsp3) is 0.0588. The minimum absolute atomic E-state index is 0.0829. The molecule has 0 saturated heterocycles. The Morgan fingerprint density at radius 3 is 1.62 bits per heavy atom. The van der Waals surface area contributed by atoms with Gasteiger partial charge in [-0.15, -0.1) is 0 Å². The predicted molar refractivity (Wildman–Crippen MR) is 220 cm³/mol. The zero-order valence-electron chi connectivity index (χ0n) is 29.1. The van der Waals surface area contributed by atoms with Gasteiger partial charge in [0.25, 0.3) is 0 Å². The Kier molecular flexibility index (Phi) is 6.08. The number of rotatable bonds is 3. The normalized spacial score (nSPS) is 13.3. The maximum Gasteiger partial charge on any atom is 0.136 e. The first-order valence-corrected chi connectivity index (χ1v) is 18.2. The summed E-state index contributed by atoms with van der Waals surface area (Å²) in [7, 11) is 0. The molecule has 0 unspecified atom stereocenters. The Hall–Kier alpha value is -6.44. The second-order valence-corrected chi connectivity index (χ2v) is 14.8. The molecular formula is C51H34O. The topological polar surface area (TPSA) is 13.1 Å². The van der Waals surface area contributed by atoms with Gasteiger partial charge in [-0.3, -0.25) is 0 Å². The number of fused-ring (bicyclic) bond motifs is 10. The van der Waals surface area contributed by atoms with Gasteiger partial charge < -0.3 is 4.42 Å². The zero-order valence-corrected chi connectivity index (χ0v) is 29.1. The summed E-state index contributed by atoms with van der Waals surface area (Å²) in [4.78, 5) is 0. The molecule has 0 N–H and O–H groups in total. The van der Waals surface area contributed by atoms with Crippen LogP contribution in [-0.4, -0.2) is 0 Å². The summed E-state index contributed by atoms with van der Waals surface area (Å²) in [6, 6.07) is 62.3. The van der Waals surface area contributed by atoms with Crippen molar-refractivity contribution in [3.63, 3.8) is 0 Å². The van der Waals surface area contributed by atoms with Gasteiger partial charge in [0.2, 0.25) is 0 Å². The molecule has 0 atom stereocenters. The molecule has 244 valence electrons. The summed E-state index contributed by atoms with van der Waals surface area (Å²) in [5, 5.41) is 9.84. The second kappa shape index (κ2) is 10.8. The molecule has 0 spiro atoms.